The summed E-state index contributed by atoms with van der Waals surface area (Å²) >= 11 is 0. The van der Waals surface area contributed by atoms with Crippen LogP contribution in [0.3, 0.4) is 0 Å². The molecule has 2 fully saturated rings. The first-order chi connectivity index (χ1) is 11.6. The zero-order valence-electron chi connectivity index (χ0n) is 13.8. The number of fused-ring (bicyclic) bond motifs is 1. The first-order valence-electron chi connectivity index (χ1n) is 8.55. The maximum absolute atomic E-state index is 13.6. The molecule has 4 rings (SSSR count). The first-order valence-corrected chi connectivity index (χ1v) is 8.55. The Morgan fingerprint density at radius 2 is 1.96 bits per heavy atom. The van der Waals surface area contributed by atoms with Crippen LogP contribution in [-0.2, 0) is 4.79 Å². The van der Waals surface area contributed by atoms with Gasteiger partial charge < -0.3 is 9.80 Å². The maximum atomic E-state index is 13.6. The third kappa shape index (κ3) is 2.81. The summed E-state index contributed by atoms with van der Waals surface area (Å²) in [4.78, 5) is 24.9. The van der Waals surface area contributed by atoms with Gasteiger partial charge in [0.2, 0.25) is 5.91 Å². The summed E-state index contributed by atoms with van der Waals surface area (Å²) in [5, 5.41) is 0.748. The summed E-state index contributed by atoms with van der Waals surface area (Å²) in [6.07, 6.45) is 5.44. The second kappa shape index (κ2) is 6.00. The summed E-state index contributed by atoms with van der Waals surface area (Å²) < 4.78 is 13.6. The highest BCUT2D eigenvalue weighted by Gasteiger charge is 2.35. The SMILES string of the molecule is CN(C(=O)C1CC1)C1CCN(c2ncnc3ccc(F)cc23)CC1. The van der Waals surface area contributed by atoms with E-state index in [0.717, 1.165) is 55.5 Å². The number of carbonyl (C=O) groups excluding carboxylic acids is 1. The van der Waals surface area contributed by atoms with Crippen LogP contribution in [-0.4, -0.2) is 47.0 Å². The molecule has 0 atom stereocenters. The number of halogens is 1. The van der Waals surface area contributed by atoms with Crippen LogP contribution < -0.4 is 4.90 Å². The topological polar surface area (TPSA) is 49.3 Å². The van der Waals surface area contributed by atoms with Crippen LogP contribution in [0, 0.1) is 11.7 Å². The van der Waals surface area contributed by atoms with E-state index in [1.807, 2.05) is 11.9 Å². The summed E-state index contributed by atoms with van der Waals surface area (Å²) in [5.74, 6) is 1.07. The molecule has 2 heterocycles. The van der Waals surface area contributed by atoms with Crippen molar-refractivity contribution in [2.45, 2.75) is 31.7 Å². The lowest BCUT2D eigenvalue weighted by molar-refractivity contribution is -0.133. The predicted octanol–water partition coefficient (Wildman–Crippen LogP) is 2.61. The number of hydrogen-bond acceptors (Lipinski definition) is 4. The van der Waals surface area contributed by atoms with E-state index < -0.39 is 0 Å². The van der Waals surface area contributed by atoms with Crippen LogP contribution >= 0.6 is 0 Å². The van der Waals surface area contributed by atoms with Gasteiger partial charge >= 0.3 is 0 Å². The predicted molar refractivity (Wildman–Crippen MR) is 90.2 cm³/mol. The highest BCUT2D eigenvalue weighted by atomic mass is 19.1. The molecule has 0 unspecified atom stereocenters. The Morgan fingerprint density at radius 3 is 2.67 bits per heavy atom. The smallest absolute Gasteiger partial charge is 0.225 e. The number of aromatic nitrogens is 2. The molecule has 24 heavy (non-hydrogen) atoms. The van der Waals surface area contributed by atoms with Crippen molar-refractivity contribution in [1.82, 2.24) is 14.9 Å². The summed E-state index contributed by atoms with van der Waals surface area (Å²) in [7, 11) is 1.93. The molecule has 0 N–H and O–H groups in total. The molecule has 1 saturated heterocycles. The lowest BCUT2D eigenvalue weighted by Crippen LogP contribution is -2.46. The molecule has 0 bridgehead atoms. The van der Waals surface area contributed by atoms with Crippen molar-refractivity contribution in [2.24, 2.45) is 5.92 Å². The van der Waals surface area contributed by atoms with Gasteiger partial charge in [0.05, 0.1) is 5.52 Å². The normalized spacial score (nSPS) is 18.8. The molecule has 126 valence electrons. The van der Waals surface area contributed by atoms with Gasteiger partial charge in [-0.3, -0.25) is 4.79 Å². The van der Waals surface area contributed by atoms with Crippen LogP contribution in [0.1, 0.15) is 25.7 Å². The van der Waals surface area contributed by atoms with E-state index in [2.05, 4.69) is 14.9 Å². The van der Waals surface area contributed by atoms with Crippen molar-refractivity contribution in [2.75, 3.05) is 25.0 Å². The van der Waals surface area contributed by atoms with Crippen molar-refractivity contribution in [3.8, 4) is 0 Å². The average Bonchev–Trinajstić information content (AvgIpc) is 3.45. The second-order valence-corrected chi connectivity index (χ2v) is 6.80. The molecule has 1 amide bonds. The molecule has 1 aliphatic carbocycles. The van der Waals surface area contributed by atoms with Gasteiger partial charge in [-0.2, -0.15) is 0 Å². The second-order valence-electron chi connectivity index (χ2n) is 6.80. The standard InChI is InChI=1S/C18H21FN4O/c1-22(18(24)12-2-3-12)14-6-8-23(9-7-14)17-15-10-13(19)4-5-16(15)20-11-21-17/h4-5,10-12,14H,2-3,6-9H2,1H3. The monoisotopic (exact) mass is 328 g/mol. The summed E-state index contributed by atoms with van der Waals surface area (Å²) in [6.45, 7) is 1.63. The molecule has 0 radical (unpaired) electrons. The molecule has 6 heteroatoms. The van der Waals surface area contributed by atoms with E-state index in [4.69, 9.17) is 0 Å². The highest BCUT2D eigenvalue weighted by Crippen LogP contribution is 2.33. The Hall–Kier alpha value is -2.24. The fourth-order valence-corrected chi connectivity index (χ4v) is 3.53. The number of rotatable bonds is 3. The Kier molecular flexibility index (Phi) is 3.82. The lowest BCUT2D eigenvalue weighted by Gasteiger charge is -2.37. The lowest BCUT2D eigenvalue weighted by atomic mass is 10.0. The van der Waals surface area contributed by atoms with Crippen LogP contribution in [0.15, 0.2) is 24.5 Å². The molecular weight excluding hydrogens is 307 g/mol. The third-order valence-electron chi connectivity index (χ3n) is 5.16. The average molecular weight is 328 g/mol. The van der Waals surface area contributed by atoms with E-state index in [1.165, 1.54) is 18.5 Å². The van der Waals surface area contributed by atoms with E-state index in [9.17, 15) is 9.18 Å². The molecule has 2 aliphatic rings. The van der Waals surface area contributed by atoms with Crippen LogP contribution in [0.25, 0.3) is 10.9 Å². The Balaban J connectivity index is 1.50. The number of hydrogen-bond donors (Lipinski definition) is 0. The minimum Gasteiger partial charge on any atom is -0.356 e. The quantitative estimate of drug-likeness (QED) is 0.869. The van der Waals surface area contributed by atoms with E-state index in [1.54, 1.807) is 6.07 Å². The minimum atomic E-state index is -0.275. The number of amides is 1. The van der Waals surface area contributed by atoms with Crippen molar-refractivity contribution >= 4 is 22.6 Å². The van der Waals surface area contributed by atoms with Crippen molar-refractivity contribution in [3.05, 3.63) is 30.3 Å². The first kappa shape index (κ1) is 15.3. The number of anilines is 1. The zero-order chi connectivity index (χ0) is 16.7. The van der Waals surface area contributed by atoms with E-state index >= 15 is 0 Å². The maximum Gasteiger partial charge on any atom is 0.225 e. The van der Waals surface area contributed by atoms with Crippen molar-refractivity contribution in [3.63, 3.8) is 0 Å². The van der Waals surface area contributed by atoms with Gasteiger partial charge in [-0.25, -0.2) is 14.4 Å². The molecule has 1 aromatic heterocycles. The van der Waals surface area contributed by atoms with Gasteiger partial charge in [-0.15, -0.1) is 0 Å². The molecule has 1 aromatic carbocycles. The Labute approximate surface area is 140 Å². The van der Waals surface area contributed by atoms with Gasteiger partial charge in [-0.1, -0.05) is 0 Å². The van der Waals surface area contributed by atoms with Gasteiger partial charge in [0.25, 0.3) is 0 Å². The highest BCUT2D eigenvalue weighted by molar-refractivity contribution is 5.89. The third-order valence-corrected chi connectivity index (χ3v) is 5.16. The van der Waals surface area contributed by atoms with Gasteiger partial charge in [0, 0.05) is 37.5 Å². The van der Waals surface area contributed by atoms with E-state index in [0.29, 0.717) is 11.9 Å². The van der Waals surface area contributed by atoms with Gasteiger partial charge in [0.15, 0.2) is 0 Å². The number of piperidine rings is 1. The molecule has 2 aromatic rings. The van der Waals surface area contributed by atoms with E-state index in [-0.39, 0.29) is 11.7 Å². The van der Waals surface area contributed by atoms with Crippen LogP contribution in [0.4, 0.5) is 10.2 Å². The van der Waals surface area contributed by atoms with Gasteiger partial charge in [0.1, 0.15) is 18.0 Å². The molecule has 5 nitrogen and oxygen atoms in total. The Bertz CT molecular complexity index is 769. The van der Waals surface area contributed by atoms with Crippen molar-refractivity contribution < 1.29 is 9.18 Å². The number of carbonyl (C=O) groups is 1. The number of benzene rings is 1. The molecule has 0 spiro atoms. The molecule has 1 aliphatic heterocycles. The Morgan fingerprint density at radius 1 is 1.21 bits per heavy atom. The summed E-state index contributed by atoms with van der Waals surface area (Å²) in [6, 6.07) is 4.90. The number of nitrogens with zero attached hydrogens (tertiary/aromatic N) is 4. The fraction of sp³-hybridized carbons (Fsp3) is 0.500. The van der Waals surface area contributed by atoms with Gasteiger partial charge in [-0.05, 0) is 43.9 Å². The summed E-state index contributed by atoms with van der Waals surface area (Å²) in [5.41, 5.74) is 0.754. The molecule has 1 saturated carbocycles. The zero-order valence-corrected chi connectivity index (χ0v) is 13.8. The van der Waals surface area contributed by atoms with Crippen LogP contribution in [0.5, 0.6) is 0 Å². The molecular formula is C18H21FN4O. The minimum absolute atomic E-state index is 0.266. The largest absolute Gasteiger partial charge is 0.356 e. The fourth-order valence-electron chi connectivity index (χ4n) is 3.53. The van der Waals surface area contributed by atoms with Crippen molar-refractivity contribution in [1.29, 1.82) is 0 Å². The van der Waals surface area contributed by atoms with Crippen LogP contribution in [0.2, 0.25) is 0 Å².